The number of aromatic nitrogens is 2. The van der Waals surface area contributed by atoms with Gasteiger partial charge >= 0.3 is 0 Å². The number of carbonyl (C=O) groups excluding carboxylic acids is 1. The highest BCUT2D eigenvalue weighted by Gasteiger charge is 2.29. The van der Waals surface area contributed by atoms with Gasteiger partial charge in [0.1, 0.15) is 5.82 Å². The largest absolute Gasteiger partial charge is 0.383 e. The van der Waals surface area contributed by atoms with E-state index in [2.05, 4.69) is 21.7 Å². The van der Waals surface area contributed by atoms with Gasteiger partial charge < -0.3 is 19.9 Å². The Balaban J connectivity index is 1.47. The van der Waals surface area contributed by atoms with Crippen molar-refractivity contribution >= 4 is 16.8 Å². The Morgan fingerprint density at radius 1 is 1.16 bits per heavy atom. The molecule has 0 unspecified atom stereocenters. The lowest BCUT2D eigenvalue weighted by molar-refractivity contribution is 0.0714. The molecule has 0 atom stereocenters. The van der Waals surface area contributed by atoms with Gasteiger partial charge in [-0.05, 0) is 66.1 Å². The fourth-order valence-electron chi connectivity index (χ4n) is 5.43. The van der Waals surface area contributed by atoms with Gasteiger partial charge in [0.05, 0.1) is 12.2 Å². The molecule has 0 aliphatic carbocycles. The smallest absolute Gasteiger partial charge is 0.256 e. The maximum absolute atomic E-state index is 14.6. The normalized spacial score (nSPS) is 14.4. The highest BCUT2D eigenvalue weighted by molar-refractivity contribution is 6.12. The van der Waals surface area contributed by atoms with Crippen LogP contribution in [0.2, 0.25) is 0 Å². The zero-order valence-electron chi connectivity index (χ0n) is 21.4. The van der Waals surface area contributed by atoms with Crippen LogP contribution < -0.4 is 5.73 Å². The van der Waals surface area contributed by atoms with Crippen LogP contribution in [-0.4, -0.2) is 47.2 Å². The van der Waals surface area contributed by atoms with Crippen molar-refractivity contribution in [1.82, 2.24) is 14.5 Å². The van der Waals surface area contributed by atoms with Gasteiger partial charge in [-0.2, -0.15) is 0 Å². The molecule has 1 aliphatic heterocycles. The van der Waals surface area contributed by atoms with Gasteiger partial charge in [0.2, 0.25) is 0 Å². The predicted molar refractivity (Wildman–Crippen MR) is 144 cm³/mol. The van der Waals surface area contributed by atoms with Gasteiger partial charge in [-0.15, -0.1) is 0 Å². The maximum atomic E-state index is 14.6. The van der Waals surface area contributed by atoms with Gasteiger partial charge in [-0.25, -0.2) is 4.39 Å². The summed E-state index contributed by atoms with van der Waals surface area (Å²) in [5, 5.41) is 0.930. The molecule has 192 valence electrons. The van der Waals surface area contributed by atoms with Crippen molar-refractivity contribution in [3.8, 4) is 11.1 Å². The third-order valence-corrected chi connectivity index (χ3v) is 7.38. The van der Waals surface area contributed by atoms with E-state index in [0.29, 0.717) is 56.8 Å². The number of nitrogens with zero attached hydrogens (tertiary/aromatic N) is 3. The number of hydrogen-bond donors (Lipinski definition) is 1. The van der Waals surface area contributed by atoms with E-state index < -0.39 is 0 Å². The fourth-order valence-corrected chi connectivity index (χ4v) is 5.43. The van der Waals surface area contributed by atoms with E-state index in [1.54, 1.807) is 13.2 Å². The second-order valence-corrected chi connectivity index (χ2v) is 9.81. The average Bonchev–Trinajstić information content (AvgIpc) is 3.30. The first-order valence-electron chi connectivity index (χ1n) is 12.8. The molecule has 0 radical (unpaired) electrons. The van der Waals surface area contributed by atoms with Crippen molar-refractivity contribution in [2.75, 3.05) is 26.8 Å². The first kappa shape index (κ1) is 25.1. The number of fused-ring (bicyclic) bond motifs is 1. The number of rotatable bonds is 7. The minimum absolute atomic E-state index is 0.00357. The summed E-state index contributed by atoms with van der Waals surface area (Å²) in [5.74, 6) is -0.115. The summed E-state index contributed by atoms with van der Waals surface area (Å²) in [7, 11) is 1.68. The van der Waals surface area contributed by atoms with Gasteiger partial charge in [-0.3, -0.25) is 9.78 Å². The zero-order chi connectivity index (χ0) is 25.9. The highest BCUT2D eigenvalue weighted by atomic mass is 19.1. The van der Waals surface area contributed by atoms with Crippen LogP contribution in [-0.2, 0) is 17.8 Å². The second kappa shape index (κ2) is 10.8. The monoisotopic (exact) mass is 500 g/mol. The van der Waals surface area contributed by atoms with E-state index in [4.69, 9.17) is 10.5 Å². The molecule has 2 N–H and O–H groups in total. The second-order valence-electron chi connectivity index (χ2n) is 9.81. The number of halogens is 1. The van der Waals surface area contributed by atoms with Crippen LogP contribution in [0.3, 0.4) is 0 Å². The number of aryl methyl sites for hydroxylation is 1. The molecule has 2 aromatic heterocycles. The van der Waals surface area contributed by atoms with E-state index >= 15 is 0 Å². The van der Waals surface area contributed by atoms with Crippen LogP contribution in [0.1, 0.15) is 45.8 Å². The van der Waals surface area contributed by atoms with Crippen molar-refractivity contribution in [3.05, 3.63) is 89.1 Å². The first-order valence-corrected chi connectivity index (χ1v) is 12.8. The van der Waals surface area contributed by atoms with Crippen LogP contribution in [0.25, 0.3) is 22.0 Å². The number of methoxy groups -OCH3 is 1. The average molecular weight is 501 g/mol. The summed E-state index contributed by atoms with van der Waals surface area (Å²) in [6, 6.07) is 13.3. The summed E-state index contributed by atoms with van der Waals surface area (Å²) in [5.41, 5.74) is 12.1. The molecule has 6 nitrogen and oxygen atoms in total. The minimum Gasteiger partial charge on any atom is -0.383 e. The quantitative estimate of drug-likeness (QED) is 0.375. The lowest BCUT2D eigenvalue weighted by Crippen LogP contribution is -2.38. The third kappa shape index (κ3) is 5.02. The number of hydrogen-bond acceptors (Lipinski definition) is 4. The van der Waals surface area contributed by atoms with Crippen LogP contribution >= 0.6 is 0 Å². The summed E-state index contributed by atoms with van der Waals surface area (Å²) < 4.78 is 22.0. The first-order chi connectivity index (χ1) is 18.0. The Kier molecular flexibility index (Phi) is 7.35. The van der Waals surface area contributed by atoms with Crippen molar-refractivity contribution in [2.24, 2.45) is 5.73 Å². The van der Waals surface area contributed by atoms with E-state index in [0.717, 1.165) is 33.2 Å². The number of piperidine rings is 1. The van der Waals surface area contributed by atoms with E-state index in [-0.39, 0.29) is 17.6 Å². The Hall–Kier alpha value is -3.55. The molecule has 2 aromatic carbocycles. The van der Waals surface area contributed by atoms with Gasteiger partial charge in [0.25, 0.3) is 5.91 Å². The lowest BCUT2D eigenvalue weighted by atomic mass is 9.88. The molecule has 7 heteroatoms. The number of nitrogens with two attached hydrogens (primary N) is 1. The molecule has 37 heavy (non-hydrogen) atoms. The molecule has 4 aromatic rings. The number of ether oxygens (including phenoxy) is 1. The summed E-state index contributed by atoms with van der Waals surface area (Å²) in [4.78, 5) is 20.2. The van der Waals surface area contributed by atoms with Crippen LogP contribution in [0, 0.1) is 12.7 Å². The topological polar surface area (TPSA) is 73.4 Å². The standard InChI is InChI=1S/C30H33FN4O2/c1-20-14-23(18-33-17-20)24-4-3-5-28-29(24)26(19-35(28)12-13-37-2)30(36)34-10-8-22(9-11-34)25-15-21(16-32)6-7-27(25)31/h3-7,14-15,17-19,22H,8-13,16,32H2,1-2H3. The number of benzene rings is 2. The maximum Gasteiger partial charge on any atom is 0.256 e. The van der Waals surface area contributed by atoms with Gasteiger partial charge in [0, 0.05) is 68.3 Å². The SMILES string of the molecule is COCCn1cc(C(=O)N2CCC(c3cc(CN)ccc3F)CC2)c2c(-c3cncc(C)c3)cccc21. The molecular formula is C30H33FN4O2. The lowest BCUT2D eigenvalue weighted by Gasteiger charge is -2.32. The number of carbonyl (C=O) groups is 1. The van der Waals surface area contributed by atoms with Crippen molar-refractivity contribution in [3.63, 3.8) is 0 Å². The molecule has 0 spiro atoms. The summed E-state index contributed by atoms with van der Waals surface area (Å²) in [6.45, 7) is 4.75. The number of pyridine rings is 1. The van der Waals surface area contributed by atoms with E-state index in [9.17, 15) is 9.18 Å². The molecule has 1 aliphatic rings. The Bertz CT molecular complexity index is 1420. The fraction of sp³-hybridized carbons (Fsp3) is 0.333. The molecule has 0 saturated carbocycles. The van der Waals surface area contributed by atoms with Crippen molar-refractivity contribution < 1.29 is 13.9 Å². The van der Waals surface area contributed by atoms with Gasteiger partial charge in [0.15, 0.2) is 0 Å². The molecule has 1 saturated heterocycles. The van der Waals surface area contributed by atoms with Crippen LogP contribution in [0.15, 0.2) is 61.1 Å². The van der Waals surface area contributed by atoms with Crippen molar-refractivity contribution in [1.29, 1.82) is 0 Å². The molecule has 3 heterocycles. The molecule has 1 fully saturated rings. The Labute approximate surface area is 216 Å². The molecular weight excluding hydrogens is 467 g/mol. The Morgan fingerprint density at radius 3 is 2.70 bits per heavy atom. The Morgan fingerprint density at radius 2 is 1.97 bits per heavy atom. The minimum atomic E-state index is -0.195. The summed E-state index contributed by atoms with van der Waals surface area (Å²) in [6.07, 6.45) is 7.06. The van der Waals surface area contributed by atoms with E-state index in [1.165, 1.54) is 6.07 Å². The predicted octanol–water partition coefficient (Wildman–Crippen LogP) is 5.28. The number of likely N-dealkylation sites (tertiary alicyclic amines) is 1. The highest BCUT2D eigenvalue weighted by Crippen LogP contribution is 2.35. The van der Waals surface area contributed by atoms with E-state index in [1.807, 2.05) is 48.6 Å². The third-order valence-electron chi connectivity index (χ3n) is 7.38. The zero-order valence-corrected chi connectivity index (χ0v) is 21.4. The summed E-state index contributed by atoms with van der Waals surface area (Å²) >= 11 is 0. The van der Waals surface area contributed by atoms with Crippen molar-refractivity contribution in [2.45, 2.75) is 38.8 Å². The molecule has 1 amide bonds. The van der Waals surface area contributed by atoms with Gasteiger partial charge in [-0.1, -0.05) is 24.3 Å². The molecule has 5 rings (SSSR count). The molecule has 0 bridgehead atoms. The van der Waals surface area contributed by atoms with Crippen LogP contribution in [0.5, 0.6) is 0 Å². The van der Waals surface area contributed by atoms with Crippen LogP contribution in [0.4, 0.5) is 4.39 Å². The number of amides is 1.